The minimum absolute atomic E-state index is 0.426. The Labute approximate surface area is 95.7 Å². The zero-order valence-electron chi connectivity index (χ0n) is 9.45. The molecule has 1 N–H and O–H groups in total. The van der Waals surface area contributed by atoms with E-state index in [0.717, 1.165) is 19.5 Å². The molecule has 0 aliphatic carbocycles. The van der Waals surface area contributed by atoms with Crippen molar-refractivity contribution in [2.24, 2.45) is 0 Å². The van der Waals surface area contributed by atoms with Gasteiger partial charge in [0.05, 0.1) is 0 Å². The maximum absolute atomic E-state index is 12.8. The van der Waals surface area contributed by atoms with Gasteiger partial charge in [0, 0.05) is 6.54 Å². The molecule has 1 aromatic heterocycles. The first kappa shape index (κ1) is 11.3. The first-order valence-electron chi connectivity index (χ1n) is 5.93. The molecule has 88 valence electrons. The zero-order valence-corrected chi connectivity index (χ0v) is 9.45. The fourth-order valence-corrected chi connectivity index (χ4v) is 2.03. The van der Waals surface area contributed by atoms with E-state index in [1.165, 1.54) is 32.0 Å². The summed E-state index contributed by atoms with van der Waals surface area (Å²) in [5, 5.41) is 3.13. The quantitative estimate of drug-likeness (QED) is 0.612. The van der Waals surface area contributed by atoms with Crippen molar-refractivity contribution in [3.8, 4) is 0 Å². The first-order valence-corrected chi connectivity index (χ1v) is 5.93. The van der Waals surface area contributed by atoms with Gasteiger partial charge in [0.1, 0.15) is 5.82 Å². The third-order valence-electron chi connectivity index (χ3n) is 2.87. The van der Waals surface area contributed by atoms with Crippen LogP contribution in [0.5, 0.6) is 0 Å². The summed E-state index contributed by atoms with van der Waals surface area (Å²) in [4.78, 5) is 6.22. The van der Waals surface area contributed by atoms with Crippen LogP contribution in [0.15, 0.2) is 18.2 Å². The lowest BCUT2D eigenvalue weighted by Gasteiger charge is -2.14. The number of rotatable bonds is 5. The number of anilines is 1. The van der Waals surface area contributed by atoms with Gasteiger partial charge in [-0.1, -0.05) is 6.07 Å². The number of nitrogens with one attached hydrogen (secondary N) is 1. The number of aromatic nitrogens is 1. The lowest BCUT2D eigenvalue weighted by atomic mass is 10.3. The topological polar surface area (TPSA) is 28.2 Å². The Morgan fingerprint density at radius 3 is 2.88 bits per heavy atom. The van der Waals surface area contributed by atoms with Crippen LogP contribution in [-0.4, -0.2) is 36.1 Å². The van der Waals surface area contributed by atoms with E-state index in [-0.39, 0.29) is 0 Å². The van der Waals surface area contributed by atoms with Crippen LogP contribution < -0.4 is 5.32 Å². The summed E-state index contributed by atoms with van der Waals surface area (Å²) in [6, 6.07) is 4.82. The standard InChI is InChI=1S/C12H18FN3/c13-11-5-3-6-12(15-11)14-7-4-10-16-8-1-2-9-16/h3,5-6H,1-2,4,7-10H2,(H,14,15). The van der Waals surface area contributed by atoms with Gasteiger partial charge in [0.2, 0.25) is 5.95 Å². The van der Waals surface area contributed by atoms with E-state index in [0.29, 0.717) is 5.82 Å². The Morgan fingerprint density at radius 1 is 1.31 bits per heavy atom. The molecule has 2 rings (SSSR count). The molecule has 0 radical (unpaired) electrons. The van der Waals surface area contributed by atoms with Gasteiger partial charge in [-0.3, -0.25) is 0 Å². The van der Waals surface area contributed by atoms with E-state index >= 15 is 0 Å². The van der Waals surface area contributed by atoms with Gasteiger partial charge < -0.3 is 10.2 Å². The fraction of sp³-hybridized carbons (Fsp3) is 0.583. The van der Waals surface area contributed by atoms with Crippen molar-refractivity contribution in [1.29, 1.82) is 0 Å². The molecule has 0 unspecified atom stereocenters. The molecule has 16 heavy (non-hydrogen) atoms. The third kappa shape index (κ3) is 3.45. The van der Waals surface area contributed by atoms with Crippen molar-refractivity contribution >= 4 is 5.82 Å². The number of hydrogen-bond acceptors (Lipinski definition) is 3. The van der Waals surface area contributed by atoms with Crippen LogP contribution in [-0.2, 0) is 0 Å². The molecule has 0 bridgehead atoms. The molecule has 1 fully saturated rings. The second kappa shape index (κ2) is 5.80. The normalized spacial score (nSPS) is 16.6. The van der Waals surface area contributed by atoms with Crippen LogP contribution in [0.1, 0.15) is 19.3 Å². The summed E-state index contributed by atoms with van der Waals surface area (Å²) in [7, 11) is 0. The molecular weight excluding hydrogens is 205 g/mol. The van der Waals surface area contributed by atoms with E-state index in [1.54, 1.807) is 12.1 Å². The lowest BCUT2D eigenvalue weighted by molar-refractivity contribution is 0.337. The van der Waals surface area contributed by atoms with Gasteiger partial charge in [-0.25, -0.2) is 4.98 Å². The van der Waals surface area contributed by atoms with Crippen molar-refractivity contribution in [3.63, 3.8) is 0 Å². The van der Waals surface area contributed by atoms with E-state index in [9.17, 15) is 4.39 Å². The predicted octanol–water partition coefficient (Wildman–Crippen LogP) is 2.12. The molecule has 3 nitrogen and oxygen atoms in total. The average Bonchev–Trinajstić information content (AvgIpc) is 2.77. The number of pyridine rings is 1. The Morgan fingerprint density at radius 2 is 2.12 bits per heavy atom. The summed E-state index contributed by atoms with van der Waals surface area (Å²) in [5.74, 6) is 0.200. The lowest BCUT2D eigenvalue weighted by Crippen LogP contribution is -2.22. The van der Waals surface area contributed by atoms with Gasteiger partial charge in [-0.15, -0.1) is 0 Å². The highest BCUT2D eigenvalue weighted by molar-refractivity contribution is 5.33. The van der Waals surface area contributed by atoms with Gasteiger partial charge in [-0.2, -0.15) is 4.39 Å². The molecule has 1 aliphatic rings. The van der Waals surface area contributed by atoms with E-state index < -0.39 is 5.95 Å². The number of nitrogens with zero attached hydrogens (tertiary/aromatic N) is 2. The van der Waals surface area contributed by atoms with E-state index in [1.807, 2.05) is 0 Å². The second-order valence-electron chi connectivity index (χ2n) is 4.17. The maximum Gasteiger partial charge on any atom is 0.214 e. The minimum Gasteiger partial charge on any atom is -0.370 e. The number of halogens is 1. The molecule has 0 aromatic carbocycles. The van der Waals surface area contributed by atoms with Crippen LogP contribution in [0.25, 0.3) is 0 Å². The molecule has 0 saturated carbocycles. The summed E-state index contributed by atoms with van der Waals surface area (Å²) in [5.41, 5.74) is 0. The highest BCUT2D eigenvalue weighted by atomic mass is 19.1. The molecule has 1 saturated heterocycles. The molecular formula is C12H18FN3. The van der Waals surface area contributed by atoms with Gasteiger partial charge in [0.15, 0.2) is 0 Å². The highest BCUT2D eigenvalue weighted by Crippen LogP contribution is 2.08. The Hall–Kier alpha value is -1.16. The van der Waals surface area contributed by atoms with Crippen LogP contribution in [0.3, 0.4) is 0 Å². The van der Waals surface area contributed by atoms with E-state index in [4.69, 9.17) is 0 Å². The molecule has 0 atom stereocenters. The Bertz CT molecular complexity index is 324. The summed E-state index contributed by atoms with van der Waals surface area (Å²) < 4.78 is 12.8. The third-order valence-corrected chi connectivity index (χ3v) is 2.87. The Balaban J connectivity index is 1.64. The summed E-state index contributed by atoms with van der Waals surface area (Å²) in [6.45, 7) is 4.45. The van der Waals surface area contributed by atoms with Crippen LogP contribution in [0.4, 0.5) is 10.2 Å². The molecule has 0 amide bonds. The average molecular weight is 223 g/mol. The highest BCUT2D eigenvalue weighted by Gasteiger charge is 2.09. The summed E-state index contributed by atoms with van der Waals surface area (Å²) in [6.07, 6.45) is 3.75. The fourth-order valence-electron chi connectivity index (χ4n) is 2.03. The molecule has 4 heteroatoms. The maximum atomic E-state index is 12.8. The largest absolute Gasteiger partial charge is 0.370 e. The van der Waals surface area contributed by atoms with Gasteiger partial charge in [-0.05, 0) is 51.0 Å². The summed E-state index contributed by atoms with van der Waals surface area (Å²) >= 11 is 0. The molecule has 2 heterocycles. The molecule has 1 aliphatic heterocycles. The van der Waals surface area contributed by atoms with Crippen LogP contribution >= 0.6 is 0 Å². The van der Waals surface area contributed by atoms with Gasteiger partial charge in [0.25, 0.3) is 0 Å². The van der Waals surface area contributed by atoms with Crippen LogP contribution in [0.2, 0.25) is 0 Å². The van der Waals surface area contributed by atoms with Crippen molar-refractivity contribution in [1.82, 2.24) is 9.88 Å². The zero-order chi connectivity index (χ0) is 11.2. The smallest absolute Gasteiger partial charge is 0.214 e. The van der Waals surface area contributed by atoms with Crippen molar-refractivity contribution < 1.29 is 4.39 Å². The van der Waals surface area contributed by atoms with Crippen molar-refractivity contribution in [2.45, 2.75) is 19.3 Å². The van der Waals surface area contributed by atoms with Crippen molar-refractivity contribution in [2.75, 3.05) is 31.5 Å². The second-order valence-corrected chi connectivity index (χ2v) is 4.17. The molecule has 1 aromatic rings. The van der Waals surface area contributed by atoms with Gasteiger partial charge >= 0.3 is 0 Å². The number of likely N-dealkylation sites (tertiary alicyclic amines) is 1. The van der Waals surface area contributed by atoms with Crippen molar-refractivity contribution in [3.05, 3.63) is 24.1 Å². The monoisotopic (exact) mass is 223 g/mol. The SMILES string of the molecule is Fc1cccc(NCCCN2CCCC2)n1. The molecule has 0 spiro atoms. The van der Waals surface area contributed by atoms with Crippen LogP contribution in [0, 0.1) is 5.95 Å². The minimum atomic E-state index is -0.426. The Kier molecular flexibility index (Phi) is 4.10. The number of hydrogen-bond donors (Lipinski definition) is 1. The predicted molar refractivity (Wildman–Crippen MR) is 63.0 cm³/mol. The first-order chi connectivity index (χ1) is 7.84. The van der Waals surface area contributed by atoms with E-state index in [2.05, 4.69) is 15.2 Å².